The highest BCUT2D eigenvalue weighted by Gasteiger charge is 1.93. The van der Waals surface area contributed by atoms with Gasteiger partial charge in [0.25, 0.3) is 0 Å². The first-order chi connectivity index (χ1) is 5.06. The van der Waals surface area contributed by atoms with E-state index in [-0.39, 0.29) is 11.6 Å². The lowest BCUT2D eigenvalue weighted by Gasteiger charge is -1.94. The first-order valence-electron chi connectivity index (χ1n) is 2.81. The Kier molecular flexibility index (Phi) is 4.12. The summed E-state index contributed by atoms with van der Waals surface area (Å²) in [7, 11) is -2.48. The minimum Gasteiger partial charge on any atom is -0.404 e. The van der Waals surface area contributed by atoms with Crippen LogP contribution in [0.3, 0.4) is 0 Å². The standard InChI is InChI=1S/C5H11N3O2S/c6-2-4(1-5(7)8)3-11(9)10/h1-2,11H,3,6-8H2/b4-2+. The Morgan fingerprint density at radius 2 is 1.91 bits per heavy atom. The monoisotopic (exact) mass is 177 g/mol. The minimum atomic E-state index is -2.48. The lowest BCUT2D eigenvalue weighted by Crippen LogP contribution is -2.09. The van der Waals surface area contributed by atoms with Crippen molar-refractivity contribution in [3.63, 3.8) is 0 Å². The zero-order valence-corrected chi connectivity index (χ0v) is 6.75. The zero-order chi connectivity index (χ0) is 8.85. The van der Waals surface area contributed by atoms with Crippen molar-refractivity contribution in [2.75, 3.05) is 5.75 Å². The molecule has 64 valence electrons. The third-order valence-electron chi connectivity index (χ3n) is 0.878. The van der Waals surface area contributed by atoms with Gasteiger partial charge in [-0.05, 0) is 17.8 Å². The summed E-state index contributed by atoms with van der Waals surface area (Å²) in [5.41, 5.74) is 15.7. The van der Waals surface area contributed by atoms with Gasteiger partial charge in [-0.1, -0.05) is 0 Å². The third-order valence-corrected chi connectivity index (χ3v) is 1.50. The third kappa shape index (κ3) is 5.28. The van der Waals surface area contributed by atoms with Crippen LogP contribution in [0.15, 0.2) is 23.7 Å². The summed E-state index contributed by atoms with van der Waals surface area (Å²) in [5, 5.41) is 0. The molecule has 5 nitrogen and oxygen atoms in total. The van der Waals surface area contributed by atoms with Gasteiger partial charge >= 0.3 is 0 Å². The largest absolute Gasteiger partial charge is 0.404 e. The molecule has 0 fully saturated rings. The van der Waals surface area contributed by atoms with Crippen LogP contribution in [-0.4, -0.2) is 14.2 Å². The Hall–Kier alpha value is -1.17. The Bertz CT molecular complexity index is 242. The Morgan fingerprint density at radius 3 is 2.18 bits per heavy atom. The van der Waals surface area contributed by atoms with Gasteiger partial charge in [-0.25, -0.2) is 8.42 Å². The highest BCUT2D eigenvalue weighted by atomic mass is 32.2. The fourth-order valence-electron chi connectivity index (χ4n) is 0.510. The predicted molar refractivity (Wildman–Crippen MR) is 43.9 cm³/mol. The molecular weight excluding hydrogens is 166 g/mol. The molecule has 0 aromatic rings. The molecule has 0 spiro atoms. The van der Waals surface area contributed by atoms with Gasteiger partial charge in [-0.15, -0.1) is 0 Å². The average molecular weight is 177 g/mol. The molecule has 0 radical (unpaired) electrons. The van der Waals surface area contributed by atoms with Crippen LogP contribution in [0.25, 0.3) is 0 Å². The summed E-state index contributed by atoms with van der Waals surface area (Å²) in [6.45, 7) is 0. The summed E-state index contributed by atoms with van der Waals surface area (Å²) in [6, 6.07) is 0. The molecule has 0 rings (SSSR count). The van der Waals surface area contributed by atoms with Gasteiger partial charge in [0.15, 0.2) is 0 Å². The van der Waals surface area contributed by atoms with Crippen molar-refractivity contribution in [1.29, 1.82) is 0 Å². The Morgan fingerprint density at radius 1 is 1.36 bits per heavy atom. The second-order valence-electron chi connectivity index (χ2n) is 1.88. The van der Waals surface area contributed by atoms with Crippen molar-refractivity contribution in [2.24, 2.45) is 17.2 Å². The molecular formula is C5H11N3O2S. The van der Waals surface area contributed by atoms with E-state index in [1.54, 1.807) is 0 Å². The summed E-state index contributed by atoms with van der Waals surface area (Å²) in [6.07, 6.45) is 2.47. The molecule has 0 amide bonds. The lowest BCUT2D eigenvalue weighted by molar-refractivity contribution is 0.616. The van der Waals surface area contributed by atoms with E-state index in [4.69, 9.17) is 17.2 Å². The number of hydrogen-bond acceptors (Lipinski definition) is 5. The molecule has 0 bridgehead atoms. The van der Waals surface area contributed by atoms with Gasteiger partial charge < -0.3 is 17.2 Å². The van der Waals surface area contributed by atoms with Crippen LogP contribution in [0.5, 0.6) is 0 Å². The van der Waals surface area contributed by atoms with E-state index < -0.39 is 10.7 Å². The fourth-order valence-corrected chi connectivity index (χ4v) is 1.00. The van der Waals surface area contributed by atoms with Crippen molar-refractivity contribution in [3.8, 4) is 0 Å². The van der Waals surface area contributed by atoms with Crippen molar-refractivity contribution in [1.82, 2.24) is 0 Å². The molecule has 0 aliphatic rings. The van der Waals surface area contributed by atoms with Crippen molar-refractivity contribution >= 4 is 10.7 Å². The summed E-state index contributed by atoms with van der Waals surface area (Å²) < 4.78 is 20.4. The Labute approximate surface area is 66.5 Å². The van der Waals surface area contributed by atoms with Crippen LogP contribution in [0.2, 0.25) is 0 Å². The van der Waals surface area contributed by atoms with Crippen molar-refractivity contribution in [2.45, 2.75) is 0 Å². The fraction of sp³-hybridized carbons (Fsp3) is 0.200. The lowest BCUT2D eigenvalue weighted by atomic mass is 10.3. The van der Waals surface area contributed by atoms with Gasteiger partial charge in [0.1, 0.15) is 10.7 Å². The van der Waals surface area contributed by atoms with E-state index in [0.717, 1.165) is 6.20 Å². The molecule has 0 saturated heterocycles. The van der Waals surface area contributed by atoms with E-state index in [1.807, 2.05) is 0 Å². The van der Waals surface area contributed by atoms with Gasteiger partial charge in [0.05, 0.1) is 11.6 Å². The van der Waals surface area contributed by atoms with E-state index in [0.29, 0.717) is 5.57 Å². The molecule has 0 aromatic heterocycles. The van der Waals surface area contributed by atoms with Crippen molar-refractivity contribution in [3.05, 3.63) is 23.7 Å². The van der Waals surface area contributed by atoms with Gasteiger partial charge in [0, 0.05) is 0 Å². The van der Waals surface area contributed by atoms with Crippen molar-refractivity contribution < 1.29 is 8.42 Å². The summed E-state index contributed by atoms with van der Waals surface area (Å²) in [5.74, 6) is -0.0949. The van der Waals surface area contributed by atoms with E-state index in [9.17, 15) is 8.42 Å². The van der Waals surface area contributed by atoms with E-state index in [2.05, 4.69) is 0 Å². The SMILES string of the molecule is N/C=C(\C=C(N)N)C[SH](=O)=O. The Balaban J connectivity index is 4.33. The summed E-state index contributed by atoms with van der Waals surface area (Å²) in [4.78, 5) is 0. The van der Waals surface area contributed by atoms with Gasteiger partial charge in [-0.3, -0.25) is 0 Å². The number of thiol groups is 1. The highest BCUT2D eigenvalue weighted by molar-refractivity contribution is 7.72. The number of hydrogen-bond donors (Lipinski definition) is 4. The van der Waals surface area contributed by atoms with E-state index >= 15 is 0 Å². The second-order valence-corrected chi connectivity index (χ2v) is 2.86. The first-order valence-corrected chi connectivity index (χ1v) is 4.17. The molecule has 0 aliphatic carbocycles. The molecule has 0 atom stereocenters. The quantitative estimate of drug-likeness (QED) is 0.300. The highest BCUT2D eigenvalue weighted by Crippen LogP contribution is 1.94. The molecule has 6 N–H and O–H groups in total. The van der Waals surface area contributed by atoms with E-state index in [1.165, 1.54) is 6.08 Å². The topological polar surface area (TPSA) is 112 Å². The maximum Gasteiger partial charge on any atom is 0.144 e. The zero-order valence-electron chi connectivity index (χ0n) is 5.86. The number of nitrogens with two attached hydrogens (primary N) is 3. The van der Waals surface area contributed by atoms with Crippen LogP contribution >= 0.6 is 0 Å². The maximum absolute atomic E-state index is 10.2. The molecule has 0 aromatic carbocycles. The first kappa shape index (κ1) is 9.83. The maximum atomic E-state index is 10.2. The normalized spacial score (nSPS) is 11.5. The van der Waals surface area contributed by atoms with Crippen LogP contribution in [-0.2, 0) is 10.7 Å². The van der Waals surface area contributed by atoms with Crippen LogP contribution < -0.4 is 17.2 Å². The minimum absolute atomic E-state index is 0.0403. The molecule has 11 heavy (non-hydrogen) atoms. The van der Waals surface area contributed by atoms with Gasteiger partial charge in [-0.2, -0.15) is 0 Å². The predicted octanol–water partition coefficient (Wildman–Crippen LogP) is -1.80. The summed E-state index contributed by atoms with van der Waals surface area (Å²) >= 11 is 0. The molecule has 0 heterocycles. The number of rotatable bonds is 3. The molecule has 0 aliphatic heterocycles. The van der Waals surface area contributed by atoms with Crippen LogP contribution in [0.1, 0.15) is 0 Å². The molecule has 0 saturated carbocycles. The van der Waals surface area contributed by atoms with Gasteiger partial charge in [0.2, 0.25) is 0 Å². The average Bonchev–Trinajstić information content (AvgIpc) is 1.84. The number of allylic oxidation sites excluding steroid dienone is 1. The van der Waals surface area contributed by atoms with Crippen LogP contribution in [0, 0.1) is 0 Å². The molecule has 0 unspecified atom stereocenters. The van der Waals surface area contributed by atoms with Crippen LogP contribution in [0.4, 0.5) is 0 Å². The molecule has 6 heteroatoms. The second kappa shape index (κ2) is 4.62. The smallest absolute Gasteiger partial charge is 0.144 e.